The number of hydrogen-bond donors (Lipinski definition) is 2. The van der Waals surface area contributed by atoms with Gasteiger partial charge in [-0.3, -0.25) is 0 Å². The van der Waals surface area contributed by atoms with Gasteiger partial charge in [-0.1, -0.05) is 0 Å². The standard InChI is InChI=1S/C12H22N4/c1-10-7-11(4-6-16(10)2)14-5-3-12-8-13-9-15-12/h8-11,14H,3-7H2,1-2H3,(H,13,15). The van der Waals surface area contributed by atoms with Gasteiger partial charge < -0.3 is 15.2 Å². The molecule has 2 rings (SSSR count). The molecule has 0 aromatic carbocycles. The Hall–Kier alpha value is -0.870. The lowest BCUT2D eigenvalue weighted by Gasteiger charge is -2.35. The monoisotopic (exact) mass is 222 g/mol. The zero-order chi connectivity index (χ0) is 11.4. The molecule has 4 heteroatoms. The predicted molar refractivity (Wildman–Crippen MR) is 65.4 cm³/mol. The molecule has 0 bridgehead atoms. The number of aromatic amines is 1. The molecule has 0 radical (unpaired) electrons. The number of imidazole rings is 1. The Morgan fingerprint density at radius 2 is 2.50 bits per heavy atom. The first-order valence-electron chi connectivity index (χ1n) is 6.16. The highest BCUT2D eigenvalue weighted by atomic mass is 15.1. The molecule has 2 heterocycles. The van der Waals surface area contributed by atoms with Crippen LogP contribution in [0, 0.1) is 0 Å². The molecule has 0 amide bonds. The lowest BCUT2D eigenvalue weighted by Crippen LogP contribution is -2.46. The summed E-state index contributed by atoms with van der Waals surface area (Å²) in [5, 5.41) is 3.64. The van der Waals surface area contributed by atoms with Gasteiger partial charge in [0.15, 0.2) is 0 Å². The van der Waals surface area contributed by atoms with Gasteiger partial charge in [0, 0.05) is 36.9 Å². The minimum atomic E-state index is 0.689. The second-order valence-electron chi connectivity index (χ2n) is 4.83. The summed E-state index contributed by atoms with van der Waals surface area (Å²) in [4.78, 5) is 9.59. The molecule has 1 fully saturated rings. The van der Waals surface area contributed by atoms with Crippen LogP contribution in [0.2, 0.25) is 0 Å². The number of piperidine rings is 1. The van der Waals surface area contributed by atoms with E-state index in [-0.39, 0.29) is 0 Å². The summed E-state index contributed by atoms with van der Waals surface area (Å²) < 4.78 is 0. The molecule has 1 aromatic heterocycles. The van der Waals surface area contributed by atoms with E-state index in [4.69, 9.17) is 0 Å². The van der Waals surface area contributed by atoms with Crippen LogP contribution in [0.25, 0.3) is 0 Å². The number of rotatable bonds is 4. The van der Waals surface area contributed by atoms with Crippen molar-refractivity contribution < 1.29 is 0 Å². The lowest BCUT2D eigenvalue weighted by molar-refractivity contribution is 0.169. The molecule has 4 nitrogen and oxygen atoms in total. The van der Waals surface area contributed by atoms with Crippen LogP contribution in [0.1, 0.15) is 25.5 Å². The van der Waals surface area contributed by atoms with Crippen LogP contribution in [0.15, 0.2) is 12.5 Å². The summed E-state index contributed by atoms with van der Waals surface area (Å²) >= 11 is 0. The summed E-state index contributed by atoms with van der Waals surface area (Å²) in [6.45, 7) is 4.56. The van der Waals surface area contributed by atoms with Gasteiger partial charge in [0.1, 0.15) is 0 Å². The number of hydrogen-bond acceptors (Lipinski definition) is 3. The Bertz CT molecular complexity index is 296. The SMILES string of the molecule is CC1CC(NCCc2cnc[nH]2)CCN1C. The van der Waals surface area contributed by atoms with Crippen molar-refractivity contribution in [1.29, 1.82) is 0 Å². The van der Waals surface area contributed by atoms with Crippen molar-refractivity contribution >= 4 is 0 Å². The summed E-state index contributed by atoms with van der Waals surface area (Å²) in [5.74, 6) is 0. The lowest BCUT2D eigenvalue weighted by atomic mass is 9.99. The summed E-state index contributed by atoms with van der Waals surface area (Å²) in [7, 11) is 2.21. The Labute approximate surface area is 97.4 Å². The molecule has 0 spiro atoms. The fourth-order valence-corrected chi connectivity index (χ4v) is 2.31. The smallest absolute Gasteiger partial charge is 0.0921 e. The van der Waals surface area contributed by atoms with Gasteiger partial charge in [-0.15, -0.1) is 0 Å². The summed E-state index contributed by atoms with van der Waals surface area (Å²) in [6.07, 6.45) is 7.22. The molecule has 0 saturated carbocycles. The van der Waals surface area contributed by atoms with Crippen LogP contribution in [0.4, 0.5) is 0 Å². The van der Waals surface area contributed by atoms with E-state index >= 15 is 0 Å². The molecule has 1 aliphatic heterocycles. The highest BCUT2D eigenvalue weighted by Crippen LogP contribution is 2.14. The minimum Gasteiger partial charge on any atom is -0.348 e. The van der Waals surface area contributed by atoms with E-state index in [9.17, 15) is 0 Å². The van der Waals surface area contributed by atoms with E-state index < -0.39 is 0 Å². The van der Waals surface area contributed by atoms with Crippen LogP contribution >= 0.6 is 0 Å². The zero-order valence-electron chi connectivity index (χ0n) is 10.2. The number of likely N-dealkylation sites (tertiary alicyclic amines) is 1. The van der Waals surface area contributed by atoms with E-state index in [0.29, 0.717) is 12.1 Å². The Kier molecular flexibility index (Phi) is 3.96. The number of H-pyrrole nitrogens is 1. The van der Waals surface area contributed by atoms with Gasteiger partial charge in [0.2, 0.25) is 0 Å². The molecule has 1 saturated heterocycles. The van der Waals surface area contributed by atoms with Crippen molar-refractivity contribution in [2.75, 3.05) is 20.1 Å². The molecule has 0 aliphatic carbocycles. The van der Waals surface area contributed by atoms with E-state index in [2.05, 4.69) is 34.2 Å². The molecule has 1 aliphatic rings. The largest absolute Gasteiger partial charge is 0.348 e. The topological polar surface area (TPSA) is 44.0 Å². The van der Waals surface area contributed by atoms with Crippen molar-refractivity contribution in [2.45, 2.75) is 38.3 Å². The molecule has 2 N–H and O–H groups in total. The minimum absolute atomic E-state index is 0.689. The number of nitrogens with one attached hydrogen (secondary N) is 2. The first kappa shape index (κ1) is 11.6. The molecular formula is C12H22N4. The average Bonchev–Trinajstić information content (AvgIpc) is 2.76. The average molecular weight is 222 g/mol. The zero-order valence-corrected chi connectivity index (χ0v) is 10.2. The highest BCUT2D eigenvalue weighted by molar-refractivity contribution is 4.95. The van der Waals surface area contributed by atoms with E-state index in [1.807, 2.05) is 6.20 Å². The van der Waals surface area contributed by atoms with Gasteiger partial charge in [-0.25, -0.2) is 4.98 Å². The van der Waals surface area contributed by atoms with Crippen LogP contribution in [0.3, 0.4) is 0 Å². The predicted octanol–water partition coefficient (Wildman–Crippen LogP) is 1.02. The third-order valence-corrected chi connectivity index (χ3v) is 3.59. The van der Waals surface area contributed by atoms with E-state index in [1.54, 1.807) is 6.33 Å². The van der Waals surface area contributed by atoms with Crippen LogP contribution in [-0.4, -0.2) is 47.1 Å². The van der Waals surface area contributed by atoms with Gasteiger partial charge in [0.05, 0.1) is 6.33 Å². The van der Waals surface area contributed by atoms with Crippen molar-refractivity contribution in [3.63, 3.8) is 0 Å². The molecule has 2 unspecified atom stereocenters. The van der Waals surface area contributed by atoms with Crippen molar-refractivity contribution in [3.05, 3.63) is 18.2 Å². The second-order valence-corrected chi connectivity index (χ2v) is 4.83. The molecule has 2 atom stereocenters. The maximum absolute atomic E-state index is 4.02. The van der Waals surface area contributed by atoms with Crippen LogP contribution < -0.4 is 5.32 Å². The maximum atomic E-state index is 4.02. The second kappa shape index (κ2) is 5.46. The molecular weight excluding hydrogens is 200 g/mol. The summed E-state index contributed by atoms with van der Waals surface area (Å²) in [6, 6.07) is 1.40. The molecule has 1 aromatic rings. The van der Waals surface area contributed by atoms with Gasteiger partial charge in [0.25, 0.3) is 0 Å². The molecule has 16 heavy (non-hydrogen) atoms. The van der Waals surface area contributed by atoms with Crippen LogP contribution in [0.5, 0.6) is 0 Å². The van der Waals surface area contributed by atoms with Gasteiger partial charge >= 0.3 is 0 Å². The fourth-order valence-electron chi connectivity index (χ4n) is 2.31. The van der Waals surface area contributed by atoms with Crippen LogP contribution in [-0.2, 0) is 6.42 Å². The number of aromatic nitrogens is 2. The first-order chi connectivity index (χ1) is 7.75. The normalized spacial score (nSPS) is 27.1. The van der Waals surface area contributed by atoms with Crippen molar-refractivity contribution in [1.82, 2.24) is 20.2 Å². The highest BCUT2D eigenvalue weighted by Gasteiger charge is 2.21. The van der Waals surface area contributed by atoms with Crippen molar-refractivity contribution in [2.24, 2.45) is 0 Å². The quantitative estimate of drug-likeness (QED) is 0.799. The first-order valence-corrected chi connectivity index (χ1v) is 6.16. The Morgan fingerprint density at radius 1 is 1.62 bits per heavy atom. The number of nitrogens with zero attached hydrogens (tertiary/aromatic N) is 2. The van der Waals surface area contributed by atoms with Crippen molar-refractivity contribution in [3.8, 4) is 0 Å². The Morgan fingerprint density at radius 3 is 3.19 bits per heavy atom. The van der Waals surface area contributed by atoms with E-state index in [0.717, 1.165) is 13.0 Å². The molecule has 90 valence electrons. The summed E-state index contributed by atoms with van der Waals surface area (Å²) in [5.41, 5.74) is 1.22. The van der Waals surface area contributed by atoms with Gasteiger partial charge in [-0.05, 0) is 33.4 Å². The third-order valence-electron chi connectivity index (χ3n) is 3.59. The third kappa shape index (κ3) is 3.06. The Balaban J connectivity index is 1.67. The maximum Gasteiger partial charge on any atom is 0.0921 e. The van der Waals surface area contributed by atoms with E-state index in [1.165, 1.54) is 25.1 Å². The van der Waals surface area contributed by atoms with Gasteiger partial charge in [-0.2, -0.15) is 0 Å². The fraction of sp³-hybridized carbons (Fsp3) is 0.750.